The van der Waals surface area contributed by atoms with Crippen molar-refractivity contribution in [1.29, 1.82) is 0 Å². The van der Waals surface area contributed by atoms with Crippen LogP contribution in [0.4, 0.5) is 0 Å². The van der Waals surface area contributed by atoms with E-state index in [1.807, 2.05) is 0 Å². The molecule has 0 aliphatic heterocycles. The minimum Gasteiger partial charge on any atom is -0.505 e. The number of sulfone groups is 1. The van der Waals surface area contributed by atoms with E-state index in [-0.39, 0.29) is 16.0 Å². The molecule has 2 rings (SSSR count). The average Bonchev–Trinajstić information content (AvgIpc) is 2.55. The number of hydrogen-bond donors (Lipinski definition) is 3. The van der Waals surface area contributed by atoms with Crippen LogP contribution in [0.15, 0.2) is 41.4 Å². The molecule has 0 radical (unpaired) electrons. The number of pyridine rings is 1. The van der Waals surface area contributed by atoms with Crippen LogP contribution in [0, 0.1) is 0 Å². The Morgan fingerprint density at radius 2 is 1.78 bits per heavy atom. The number of aromatic hydroxyl groups is 1. The number of Topliss-reactive ketones (excluding diaryl/α,β-unsaturated/α-hetero) is 1. The smallest absolute Gasteiger partial charge is 0.210 e. The topological polar surface area (TPSA) is 125 Å². The van der Waals surface area contributed by atoms with Crippen molar-refractivity contribution >= 4 is 15.6 Å². The molecular weight excluding hydrogens is 322 g/mol. The number of aliphatic hydroxyl groups is 2. The maximum atomic E-state index is 12.4. The minimum atomic E-state index is -3.70. The van der Waals surface area contributed by atoms with E-state index in [1.54, 1.807) is 18.2 Å². The van der Waals surface area contributed by atoms with Gasteiger partial charge >= 0.3 is 0 Å². The van der Waals surface area contributed by atoms with E-state index in [0.717, 1.165) is 6.20 Å². The zero-order valence-electron chi connectivity index (χ0n) is 12.0. The molecule has 0 spiro atoms. The number of aromatic nitrogens is 1. The van der Waals surface area contributed by atoms with Crippen LogP contribution in [0.1, 0.15) is 21.6 Å². The molecule has 1 aromatic carbocycles. The van der Waals surface area contributed by atoms with Gasteiger partial charge in [-0.15, -0.1) is 0 Å². The van der Waals surface area contributed by atoms with Gasteiger partial charge in [-0.25, -0.2) is 13.4 Å². The van der Waals surface area contributed by atoms with Crippen LogP contribution in [-0.2, 0) is 22.2 Å². The monoisotopic (exact) mass is 337 g/mol. The van der Waals surface area contributed by atoms with Gasteiger partial charge in [0.25, 0.3) is 0 Å². The summed E-state index contributed by atoms with van der Waals surface area (Å²) in [5, 5.41) is 28.2. The van der Waals surface area contributed by atoms with Crippen molar-refractivity contribution in [3.63, 3.8) is 0 Å². The van der Waals surface area contributed by atoms with E-state index in [4.69, 9.17) is 5.11 Å². The van der Waals surface area contributed by atoms with Gasteiger partial charge in [0.15, 0.2) is 21.3 Å². The average molecular weight is 337 g/mol. The van der Waals surface area contributed by atoms with Crippen LogP contribution in [0.5, 0.6) is 5.75 Å². The summed E-state index contributed by atoms with van der Waals surface area (Å²) in [5.41, 5.74) is -0.419. The standard InChI is InChI=1S/C15H15NO6S/c17-7-12-10(6-16-14(15(12)20)13(19)8-18)9-23(21,22)11-4-2-1-3-5-11/h1-6,17-18,20H,7-9H2. The lowest BCUT2D eigenvalue weighted by Crippen LogP contribution is -2.12. The lowest BCUT2D eigenvalue weighted by atomic mass is 10.1. The summed E-state index contributed by atoms with van der Waals surface area (Å²) < 4.78 is 24.7. The predicted molar refractivity (Wildman–Crippen MR) is 80.6 cm³/mol. The molecule has 23 heavy (non-hydrogen) atoms. The van der Waals surface area contributed by atoms with E-state index in [0.29, 0.717) is 0 Å². The van der Waals surface area contributed by atoms with Crippen molar-refractivity contribution in [3.05, 3.63) is 53.3 Å². The predicted octanol–water partition coefficient (Wildman–Crippen LogP) is 0.428. The highest BCUT2D eigenvalue weighted by Crippen LogP contribution is 2.27. The van der Waals surface area contributed by atoms with Crippen molar-refractivity contribution in [2.45, 2.75) is 17.3 Å². The second-order valence-corrected chi connectivity index (χ2v) is 6.76. The van der Waals surface area contributed by atoms with Gasteiger partial charge in [-0.05, 0) is 17.7 Å². The van der Waals surface area contributed by atoms with Gasteiger partial charge in [-0.2, -0.15) is 0 Å². The first-order valence-corrected chi connectivity index (χ1v) is 8.28. The fraction of sp³-hybridized carbons (Fsp3) is 0.200. The molecule has 0 atom stereocenters. The Morgan fingerprint density at radius 1 is 1.13 bits per heavy atom. The lowest BCUT2D eigenvalue weighted by molar-refractivity contribution is 0.0895. The zero-order valence-corrected chi connectivity index (χ0v) is 12.8. The molecule has 3 N–H and O–H groups in total. The summed E-state index contributed by atoms with van der Waals surface area (Å²) in [6.07, 6.45) is 1.11. The van der Waals surface area contributed by atoms with Gasteiger partial charge in [0.1, 0.15) is 6.61 Å². The van der Waals surface area contributed by atoms with Gasteiger partial charge in [-0.1, -0.05) is 18.2 Å². The number of nitrogens with zero attached hydrogens (tertiary/aromatic N) is 1. The highest BCUT2D eigenvalue weighted by atomic mass is 32.2. The fourth-order valence-corrected chi connectivity index (χ4v) is 3.47. The SMILES string of the molecule is O=C(CO)c1ncc(CS(=O)(=O)c2ccccc2)c(CO)c1O. The molecule has 0 saturated heterocycles. The highest BCUT2D eigenvalue weighted by molar-refractivity contribution is 7.90. The van der Waals surface area contributed by atoms with Gasteiger partial charge in [0, 0.05) is 11.8 Å². The molecular formula is C15H15NO6S. The normalized spacial score (nSPS) is 11.4. The third kappa shape index (κ3) is 3.55. The number of aliphatic hydroxyl groups excluding tert-OH is 2. The van der Waals surface area contributed by atoms with E-state index < -0.39 is 46.0 Å². The van der Waals surface area contributed by atoms with Crippen LogP contribution in [-0.4, -0.2) is 41.1 Å². The summed E-state index contributed by atoms with van der Waals surface area (Å²) in [5.74, 6) is -1.93. The van der Waals surface area contributed by atoms with E-state index in [2.05, 4.69) is 4.98 Å². The Morgan fingerprint density at radius 3 is 2.35 bits per heavy atom. The number of hydrogen-bond acceptors (Lipinski definition) is 7. The lowest BCUT2D eigenvalue weighted by Gasteiger charge is -2.12. The van der Waals surface area contributed by atoms with Crippen molar-refractivity contribution in [2.24, 2.45) is 0 Å². The van der Waals surface area contributed by atoms with Crippen LogP contribution in [0.3, 0.4) is 0 Å². The summed E-state index contributed by atoms with van der Waals surface area (Å²) in [6.45, 7) is -1.52. The van der Waals surface area contributed by atoms with Crippen molar-refractivity contribution in [2.75, 3.05) is 6.61 Å². The number of ketones is 1. The van der Waals surface area contributed by atoms with E-state index in [1.165, 1.54) is 12.1 Å². The van der Waals surface area contributed by atoms with Crippen LogP contribution in [0.2, 0.25) is 0 Å². The Bertz CT molecular complexity index is 817. The second-order valence-electron chi connectivity index (χ2n) is 4.77. The first kappa shape index (κ1) is 17.1. The molecule has 8 heteroatoms. The molecule has 7 nitrogen and oxygen atoms in total. The number of benzene rings is 1. The Hall–Kier alpha value is -2.29. The number of carbonyl (C=O) groups excluding carboxylic acids is 1. The number of rotatable bonds is 6. The van der Waals surface area contributed by atoms with Gasteiger partial charge in [0.05, 0.1) is 17.3 Å². The quantitative estimate of drug-likeness (QED) is 0.653. The fourth-order valence-electron chi connectivity index (χ4n) is 2.07. The maximum absolute atomic E-state index is 12.4. The van der Waals surface area contributed by atoms with Crippen molar-refractivity contribution in [1.82, 2.24) is 4.98 Å². The van der Waals surface area contributed by atoms with Crippen LogP contribution >= 0.6 is 0 Å². The molecule has 1 aromatic heterocycles. The van der Waals surface area contributed by atoms with Crippen LogP contribution in [0.25, 0.3) is 0 Å². The summed E-state index contributed by atoms with van der Waals surface area (Å²) in [4.78, 5) is 15.2. The first-order chi connectivity index (χ1) is 10.9. The van der Waals surface area contributed by atoms with Gasteiger partial charge < -0.3 is 15.3 Å². The third-order valence-electron chi connectivity index (χ3n) is 3.26. The molecule has 0 aliphatic rings. The Labute approximate surface area is 132 Å². The Balaban J connectivity index is 2.45. The Kier molecular flexibility index (Phi) is 5.09. The summed E-state index contributed by atoms with van der Waals surface area (Å²) in [6, 6.07) is 7.72. The molecule has 0 aliphatic carbocycles. The molecule has 2 aromatic rings. The second kappa shape index (κ2) is 6.86. The summed E-state index contributed by atoms with van der Waals surface area (Å²) in [7, 11) is -3.70. The molecule has 0 saturated carbocycles. The van der Waals surface area contributed by atoms with Crippen molar-refractivity contribution < 1.29 is 28.5 Å². The molecule has 0 bridgehead atoms. The van der Waals surface area contributed by atoms with E-state index >= 15 is 0 Å². The molecule has 0 amide bonds. The number of carbonyl (C=O) groups is 1. The first-order valence-electron chi connectivity index (χ1n) is 6.63. The molecule has 1 heterocycles. The molecule has 0 unspecified atom stereocenters. The van der Waals surface area contributed by atoms with Gasteiger partial charge in [0.2, 0.25) is 5.78 Å². The zero-order chi connectivity index (χ0) is 17.0. The van der Waals surface area contributed by atoms with Crippen LogP contribution < -0.4 is 0 Å². The largest absolute Gasteiger partial charge is 0.505 e. The highest BCUT2D eigenvalue weighted by Gasteiger charge is 2.22. The van der Waals surface area contributed by atoms with E-state index in [9.17, 15) is 23.4 Å². The van der Waals surface area contributed by atoms with Gasteiger partial charge in [-0.3, -0.25) is 4.79 Å². The third-order valence-corrected chi connectivity index (χ3v) is 4.94. The van der Waals surface area contributed by atoms with Crippen molar-refractivity contribution in [3.8, 4) is 5.75 Å². The maximum Gasteiger partial charge on any atom is 0.210 e. The summed E-state index contributed by atoms with van der Waals surface area (Å²) >= 11 is 0. The molecule has 0 fully saturated rings. The minimum absolute atomic E-state index is 0.0864. The molecule has 122 valence electrons.